The van der Waals surface area contributed by atoms with Crippen LogP contribution in [-0.4, -0.2) is 70.3 Å². The SMILES string of the molecule is CC(C)C(NC(=O)C(CO)NC(=O)CN)C(=O)NC(Cc1ccc(O)cc1)C(=O)O. The molecule has 0 bridgehead atoms. The molecule has 1 rings (SSSR count). The van der Waals surface area contributed by atoms with Gasteiger partial charge in [-0.2, -0.15) is 0 Å². The van der Waals surface area contributed by atoms with Crippen LogP contribution in [0.1, 0.15) is 19.4 Å². The third-order valence-corrected chi connectivity index (χ3v) is 4.26. The fraction of sp³-hybridized carbons (Fsp3) is 0.474. The lowest BCUT2D eigenvalue weighted by molar-refractivity contribution is -0.142. The van der Waals surface area contributed by atoms with Crippen molar-refractivity contribution in [2.24, 2.45) is 11.7 Å². The molecule has 0 radical (unpaired) electrons. The van der Waals surface area contributed by atoms with E-state index in [1.807, 2.05) is 0 Å². The number of amides is 3. The molecule has 8 N–H and O–H groups in total. The highest BCUT2D eigenvalue weighted by molar-refractivity contribution is 5.93. The van der Waals surface area contributed by atoms with Crippen molar-refractivity contribution in [1.29, 1.82) is 0 Å². The van der Waals surface area contributed by atoms with E-state index in [2.05, 4.69) is 16.0 Å². The van der Waals surface area contributed by atoms with E-state index in [1.54, 1.807) is 13.8 Å². The minimum Gasteiger partial charge on any atom is -0.508 e. The van der Waals surface area contributed by atoms with Gasteiger partial charge in [0.05, 0.1) is 13.2 Å². The Kier molecular flexibility index (Phi) is 9.72. The molecule has 0 aliphatic heterocycles. The predicted molar refractivity (Wildman–Crippen MR) is 106 cm³/mol. The highest BCUT2D eigenvalue weighted by atomic mass is 16.4. The van der Waals surface area contributed by atoms with Gasteiger partial charge in [-0.1, -0.05) is 26.0 Å². The van der Waals surface area contributed by atoms with E-state index in [4.69, 9.17) is 5.73 Å². The maximum absolute atomic E-state index is 12.7. The molecule has 11 heteroatoms. The summed E-state index contributed by atoms with van der Waals surface area (Å²) in [5.74, 6) is -3.85. The maximum Gasteiger partial charge on any atom is 0.326 e. The topological polar surface area (TPSA) is 191 Å². The fourth-order valence-electron chi connectivity index (χ4n) is 2.57. The smallest absolute Gasteiger partial charge is 0.326 e. The van der Waals surface area contributed by atoms with Crippen LogP contribution in [0.2, 0.25) is 0 Å². The molecular weight excluding hydrogens is 396 g/mol. The number of phenolic OH excluding ortho intramolecular Hbond substituents is 1. The zero-order chi connectivity index (χ0) is 22.8. The van der Waals surface area contributed by atoms with Gasteiger partial charge in [-0.25, -0.2) is 4.79 Å². The third kappa shape index (κ3) is 7.68. The highest BCUT2D eigenvalue weighted by Gasteiger charge is 2.31. The van der Waals surface area contributed by atoms with E-state index in [0.29, 0.717) is 5.56 Å². The number of carboxylic acid groups (broad SMARTS) is 1. The molecule has 3 atom stereocenters. The number of hydrogen-bond acceptors (Lipinski definition) is 7. The average Bonchev–Trinajstić information content (AvgIpc) is 2.70. The first-order valence-corrected chi connectivity index (χ1v) is 9.30. The van der Waals surface area contributed by atoms with E-state index < -0.39 is 54.3 Å². The number of carboxylic acids is 1. The average molecular weight is 424 g/mol. The van der Waals surface area contributed by atoms with E-state index in [9.17, 15) is 34.5 Å². The Balaban J connectivity index is 2.87. The summed E-state index contributed by atoms with van der Waals surface area (Å²) >= 11 is 0. The van der Waals surface area contributed by atoms with Crippen molar-refractivity contribution in [2.75, 3.05) is 13.2 Å². The second-order valence-electron chi connectivity index (χ2n) is 7.01. The number of hydrogen-bond donors (Lipinski definition) is 7. The summed E-state index contributed by atoms with van der Waals surface area (Å²) in [5.41, 5.74) is 5.75. The summed E-state index contributed by atoms with van der Waals surface area (Å²) in [5, 5.41) is 35.1. The van der Waals surface area contributed by atoms with Gasteiger partial charge in [0.1, 0.15) is 23.9 Å². The van der Waals surface area contributed by atoms with Gasteiger partial charge in [0.2, 0.25) is 17.7 Å². The van der Waals surface area contributed by atoms with Crippen molar-refractivity contribution in [3.05, 3.63) is 29.8 Å². The van der Waals surface area contributed by atoms with Crippen molar-refractivity contribution in [3.8, 4) is 5.75 Å². The molecule has 0 saturated carbocycles. The quantitative estimate of drug-likeness (QED) is 0.214. The van der Waals surface area contributed by atoms with Gasteiger partial charge >= 0.3 is 5.97 Å². The van der Waals surface area contributed by atoms with Crippen molar-refractivity contribution in [1.82, 2.24) is 16.0 Å². The third-order valence-electron chi connectivity index (χ3n) is 4.26. The largest absolute Gasteiger partial charge is 0.508 e. The standard InChI is InChI=1S/C19H28N4O7/c1-10(2)16(23-17(27)14(9-24)21-15(26)8-20)18(28)22-13(19(29)30)7-11-3-5-12(25)6-4-11/h3-6,10,13-14,16,24-25H,7-9,20H2,1-2H3,(H,21,26)(H,22,28)(H,23,27)(H,29,30). The molecule has 0 heterocycles. The van der Waals surface area contributed by atoms with Crippen LogP contribution < -0.4 is 21.7 Å². The van der Waals surface area contributed by atoms with E-state index >= 15 is 0 Å². The van der Waals surface area contributed by atoms with Crippen LogP contribution in [0.3, 0.4) is 0 Å². The fourth-order valence-corrected chi connectivity index (χ4v) is 2.57. The van der Waals surface area contributed by atoms with Gasteiger partial charge in [0.15, 0.2) is 0 Å². The molecule has 11 nitrogen and oxygen atoms in total. The van der Waals surface area contributed by atoms with Gasteiger partial charge in [0, 0.05) is 6.42 Å². The number of nitrogens with two attached hydrogens (primary N) is 1. The summed E-state index contributed by atoms with van der Waals surface area (Å²) in [6.07, 6.45) is -0.0358. The van der Waals surface area contributed by atoms with Crippen molar-refractivity contribution >= 4 is 23.7 Å². The normalized spacial score (nSPS) is 13.8. The van der Waals surface area contributed by atoms with E-state index in [-0.39, 0.29) is 18.7 Å². The minimum atomic E-state index is -1.30. The van der Waals surface area contributed by atoms with Crippen LogP contribution in [0.4, 0.5) is 0 Å². The van der Waals surface area contributed by atoms with Crippen LogP contribution >= 0.6 is 0 Å². The molecule has 3 amide bonds. The van der Waals surface area contributed by atoms with Gasteiger partial charge in [-0.3, -0.25) is 14.4 Å². The zero-order valence-electron chi connectivity index (χ0n) is 16.8. The van der Waals surface area contributed by atoms with Crippen molar-refractivity contribution < 1.29 is 34.5 Å². The van der Waals surface area contributed by atoms with Gasteiger partial charge in [0.25, 0.3) is 0 Å². The summed E-state index contributed by atoms with van der Waals surface area (Å²) in [4.78, 5) is 48.0. The molecule has 0 aliphatic rings. The Morgan fingerprint density at radius 1 is 0.967 bits per heavy atom. The highest BCUT2D eigenvalue weighted by Crippen LogP contribution is 2.12. The number of aliphatic hydroxyl groups excluding tert-OH is 1. The molecule has 3 unspecified atom stereocenters. The monoisotopic (exact) mass is 424 g/mol. The van der Waals surface area contributed by atoms with Crippen LogP contribution in [0, 0.1) is 5.92 Å². The molecule has 0 aromatic heterocycles. The lowest BCUT2D eigenvalue weighted by Crippen LogP contribution is -2.58. The number of benzene rings is 1. The predicted octanol–water partition coefficient (Wildman–Crippen LogP) is -1.92. The Bertz CT molecular complexity index is 752. The minimum absolute atomic E-state index is 0.0254. The number of carbonyl (C=O) groups is 4. The first-order chi connectivity index (χ1) is 14.1. The number of aromatic hydroxyl groups is 1. The number of nitrogens with one attached hydrogen (secondary N) is 3. The van der Waals surface area contributed by atoms with Gasteiger partial charge in [-0.05, 0) is 23.6 Å². The lowest BCUT2D eigenvalue weighted by Gasteiger charge is -2.26. The number of phenols is 1. The molecule has 0 saturated heterocycles. The second kappa shape index (κ2) is 11.7. The van der Waals surface area contributed by atoms with Crippen LogP contribution in [0.15, 0.2) is 24.3 Å². The Morgan fingerprint density at radius 3 is 2.03 bits per heavy atom. The summed E-state index contributed by atoms with van der Waals surface area (Å²) < 4.78 is 0. The molecule has 166 valence electrons. The number of carbonyl (C=O) groups excluding carboxylic acids is 3. The molecule has 0 aliphatic carbocycles. The maximum atomic E-state index is 12.7. The van der Waals surface area contributed by atoms with Gasteiger partial charge in [-0.15, -0.1) is 0 Å². The first kappa shape index (κ1) is 24.9. The first-order valence-electron chi connectivity index (χ1n) is 9.30. The molecule has 30 heavy (non-hydrogen) atoms. The summed E-state index contributed by atoms with van der Waals surface area (Å²) in [7, 11) is 0. The Morgan fingerprint density at radius 2 is 1.57 bits per heavy atom. The molecule has 1 aromatic rings. The van der Waals surface area contributed by atoms with Crippen molar-refractivity contribution in [3.63, 3.8) is 0 Å². The number of rotatable bonds is 11. The van der Waals surface area contributed by atoms with Crippen LogP contribution in [0.5, 0.6) is 5.75 Å². The number of aliphatic carboxylic acids is 1. The second-order valence-corrected chi connectivity index (χ2v) is 7.01. The van der Waals surface area contributed by atoms with Crippen molar-refractivity contribution in [2.45, 2.75) is 38.4 Å². The Labute approximate surface area is 173 Å². The summed E-state index contributed by atoms with van der Waals surface area (Å²) in [6.45, 7) is 2.21. The Hall–Kier alpha value is -3.18. The molecule has 0 fully saturated rings. The number of aliphatic hydroxyl groups is 1. The van der Waals surface area contributed by atoms with Gasteiger partial charge < -0.3 is 37.0 Å². The van der Waals surface area contributed by atoms with Crippen LogP contribution in [0.25, 0.3) is 0 Å². The van der Waals surface area contributed by atoms with Crippen LogP contribution in [-0.2, 0) is 25.6 Å². The lowest BCUT2D eigenvalue weighted by atomic mass is 10.0. The van der Waals surface area contributed by atoms with E-state index in [0.717, 1.165) is 0 Å². The zero-order valence-corrected chi connectivity index (χ0v) is 16.8. The van der Waals surface area contributed by atoms with E-state index in [1.165, 1.54) is 24.3 Å². The molecule has 1 aromatic carbocycles. The molecular formula is C19H28N4O7. The summed E-state index contributed by atoms with van der Waals surface area (Å²) in [6, 6.07) is 2.18. The molecule has 0 spiro atoms.